The molecular formula is C13H16N4O2. The number of carbonyl (C=O) groups is 1. The number of pyridine rings is 1. The molecule has 0 spiro atoms. The maximum Gasteiger partial charge on any atom is 0.378 e. The largest absolute Gasteiger partial charge is 0.460 e. The molecule has 100 valence electrons. The van der Waals surface area contributed by atoms with E-state index in [1.54, 1.807) is 31.0 Å². The topological polar surface area (TPSA) is 69.9 Å². The first-order valence-electron chi connectivity index (χ1n) is 6.16. The third-order valence-corrected chi connectivity index (χ3v) is 2.70. The van der Waals surface area contributed by atoms with E-state index in [1.807, 2.05) is 12.1 Å². The Labute approximate surface area is 111 Å². The summed E-state index contributed by atoms with van der Waals surface area (Å²) in [7, 11) is 1.78. The van der Waals surface area contributed by atoms with Crippen molar-refractivity contribution in [2.24, 2.45) is 7.05 Å². The number of rotatable bonds is 5. The van der Waals surface area contributed by atoms with Crippen molar-refractivity contribution >= 4 is 5.97 Å². The van der Waals surface area contributed by atoms with Gasteiger partial charge in [0.25, 0.3) is 5.82 Å². The van der Waals surface area contributed by atoms with Gasteiger partial charge in [-0.15, -0.1) is 5.10 Å². The Morgan fingerprint density at radius 3 is 2.74 bits per heavy atom. The van der Waals surface area contributed by atoms with Crippen LogP contribution in [0.1, 0.15) is 28.9 Å². The Morgan fingerprint density at radius 2 is 2.05 bits per heavy atom. The van der Waals surface area contributed by atoms with Crippen LogP contribution in [0.15, 0.2) is 24.5 Å². The van der Waals surface area contributed by atoms with Crippen LogP contribution in [-0.4, -0.2) is 32.3 Å². The van der Waals surface area contributed by atoms with E-state index in [-0.39, 0.29) is 5.82 Å². The van der Waals surface area contributed by atoms with Gasteiger partial charge in [-0.2, -0.15) is 0 Å². The zero-order chi connectivity index (χ0) is 13.7. The molecule has 0 bridgehead atoms. The van der Waals surface area contributed by atoms with Crippen LogP contribution >= 0.6 is 0 Å². The number of nitrogens with zero attached hydrogens (tertiary/aromatic N) is 4. The molecule has 0 saturated carbocycles. The van der Waals surface area contributed by atoms with Crippen molar-refractivity contribution < 1.29 is 9.53 Å². The van der Waals surface area contributed by atoms with Crippen molar-refractivity contribution in [2.75, 3.05) is 6.61 Å². The fourth-order valence-electron chi connectivity index (χ4n) is 1.72. The summed E-state index contributed by atoms with van der Waals surface area (Å²) in [5, 5.41) is 4.06. The van der Waals surface area contributed by atoms with Crippen LogP contribution in [0.5, 0.6) is 0 Å². The summed E-state index contributed by atoms with van der Waals surface area (Å²) in [5.41, 5.74) is 1.18. The Morgan fingerprint density at radius 1 is 1.32 bits per heavy atom. The van der Waals surface area contributed by atoms with E-state index >= 15 is 0 Å². The van der Waals surface area contributed by atoms with E-state index in [4.69, 9.17) is 4.74 Å². The van der Waals surface area contributed by atoms with Crippen LogP contribution in [0.2, 0.25) is 0 Å². The lowest BCUT2D eigenvalue weighted by molar-refractivity contribution is 0.0512. The summed E-state index contributed by atoms with van der Waals surface area (Å²) in [6.07, 6.45) is 5.07. The average Bonchev–Trinajstić information content (AvgIpc) is 2.79. The second-order valence-electron chi connectivity index (χ2n) is 4.05. The molecule has 0 unspecified atom stereocenters. The maximum atomic E-state index is 11.5. The van der Waals surface area contributed by atoms with Crippen molar-refractivity contribution in [1.29, 1.82) is 0 Å². The third-order valence-electron chi connectivity index (χ3n) is 2.70. The number of aromatic nitrogens is 4. The lowest BCUT2D eigenvalue weighted by Crippen LogP contribution is -2.07. The fraction of sp³-hybridized carbons (Fsp3) is 0.385. The zero-order valence-corrected chi connectivity index (χ0v) is 11.0. The molecule has 0 atom stereocenters. The summed E-state index contributed by atoms with van der Waals surface area (Å²) in [4.78, 5) is 19.7. The predicted molar refractivity (Wildman–Crippen MR) is 68.6 cm³/mol. The van der Waals surface area contributed by atoms with E-state index in [9.17, 15) is 4.79 Å². The standard InChI is InChI=1S/C13H16N4O2/c1-3-19-13(18)12-15-11(17(2)16-12)5-4-10-6-8-14-9-7-10/h6-9H,3-5H2,1-2H3. The molecule has 6 heteroatoms. The highest BCUT2D eigenvalue weighted by Gasteiger charge is 2.15. The molecule has 2 aromatic heterocycles. The lowest BCUT2D eigenvalue weighted by Gasteiger charge is -2.00. The van der Waals surface area contributed by atoms with Gasteiger partial charge in [0.15, 0.2) is 0 Å². The van der Waals surface area contributed by atoms with Crippen LogP contribution in [0.3, 0.4) is 0 Å². The minimum atomic E-state index is -0.478. The minimum absolute atomic E-state index is 0.120. The summed E-state index contributed by atoms with van der Waals surface area (Å²) in [5.74, 6) is 0.405. The normalized spacial score (nSPS) is 10.4. The van der Waals surface area contributed by atoms with Gasteiger partial charge in [-0.1, -0.05) is 0 Å². The molecule has 0 amide bonds. The molecule has 0 aliphatic rings. The molecule has 0 radical (unpaired) electrons. The number of carbonyl (C=O) groups excluding carboxylic acids is 1. The summed E-state index contributed by atoms with van der Waals surface area (Å²) in [6, 6.07) is 3.92. The van der Waals surface area contributed by atoms with Crippen LogP contribution in [0, 0.1) is 0 Å². The SMILES string of the molecule is CCOC(=O)c1nc(CCc2ccncc2)n(C)n1. The van der Waals surface area contributed by atoms with Gasteiger partial charge in [-0.25, -0.2) is 9.78 Å². The highest BCUT2D eigenvalue weighted by atomic mass is 16.5. The molecule has 2 heterocycles. The Balaban J connectivity index is 2.03. The molecule has 0 aliphatic heterocycles. The monoisotopic (exact) mass is 260 g/mol. The van der Waals surface area contributed by atoms with E-state index in [1.165, 1.54) is 5.56 Å². The minimum Gasteiger partial charge on any atom is -0.460 e. The number of esters is 1. The second-order valence-corrected chi connectivity index (χ2v) is 4.05. The summed E-state index contributed by atoms with van der Waals surface area (Å²) in [6.45, 7) is 2.08. The maximum absolute atomic E-state index is 11.5. The Hall–Kier alpha value is -2.24. The predicted octanol–water partition coefficient (Wildman–Crippen LogP) is 1.17. The van der Waals surface area contributed by atoms with Gasteiger partial charge < -0.3 is 4.74 Å². The smallest absolute Gasteiger partial charge is 0.378 e. The van der Waals surface area contributed by atoms with Crippen LogP contribution in [-0.2, 0) is 24.6 Å². The molecule has 6 nitrogen and oxygen atoms in total. The molecule has 0 fully saturated rings. The Kier molecular flexibility index (Phi) is 4.22. The molecule has 2 aromatic rings. The van der Waals surface area contributed by atoms with E-state index < -0.39 is 5.97 Å². The van der Waals surface area contributed by atoms with Gasteiger partial charge in [0.1, 0.15) is 5.82 Å². The van der Waals surface area contributed by atoms with Crippen molar-refractivity contribution in [3.63, 3.8) is 0 Å². The van der Waals surface area contributed by atoms with Crippen molar-refractivity contribution in [2.45, 2.75) is 19.8 Å². The molecular weight excluding hydrogens is 244 g/mol. The second kappa shape index (κ2) is 6.08. The van der Waals surface area contributed by atoms with E-state index in [0.717, 1.165) is 12.2 Å². The van der Waals surface area contributed by atoms with Gasteiger partial charge >= 0.3 is 5.97 Å². The Bertz CT molecular complexity index is 551. The van der Waals surface area contributed by atoms with Gasteiger partial charge in [0.05, 0.1) is 6.61 Å². The van der Waals surface area contributed by atoms with E-state index in [0.29, 0.717) is 13.0 Å². The molecule has 0 aromatic carbocycles. The molecule has 0 saturated heterocycles. The first-order valence-corrected chi connectivity index (χ1v) is 6.16. The van der Waals surface area contributed by atoms with Crippen LogP contribution < -0.4 is 0 Å². The van der Waals surface area contributed by atoms with E-state index in [2.05, 4.69) is 15.1 Å². The first kappa shape index (κ1) is 13.2. The molecule has 0 aliphatic carbocycles. The van der Waals surface area contributed by atoms with Crippen LogP contribution in [0.25, 0.3) is 0 Å². The van der Waals surface area contributed by atoms with Gasteiger partial charge in [0.2, 0.25) is 0 Å². The van der Waals surface area contributed by atoms with Crippen LogP contribution in [0.4, 0.5) is 0 Å². The highest BCUT2D eigenvalue weighted by Crippen LogP contribution is 2.05. The summed E-state index contributed by atoms with van der Waals surface area (Å²) >= 11 is 0. The van der Waals surface area contributed by atoms with Gasteiger partial charge in [-0.05, 0) is 31.0 Å². The highest BCUT2D eigenvalue weighted by molar-refractivity contribution is 5.84. The summed E-state index contributed by atoms with van der Waals surface area (Å²) < 4.78 is 6.49. The van der Waals surface area contributed by atoms with Crippen molar-refractivity contribution in [3.8, 4) is 0 Å². The number of hydrogen-bond donors (Lipinski definition) is 0. The van der Waals surface area contributed by atoms with Gasteiger partial charge in [-0.3, -0.25) is 9.67 Å². The third kappa shape index (κ3) is 3.37. The molecule has 0 N–H and O–H groups in total. The van der Waals surface area contributed by atoms with Crippen molar-refractivity contribution in [3.05, 3.63) is 41.7 Å². The lowest BCUT2D eigenvalue weighted by atomic mass is 10.1. The van der Waals surface area contributed by atoms with Crippen molar-refractivity contribution in [1.82, 2.24) is 19.7 Å². The molecule has 2 rings (SSSR count). The zero-order valence-electron chi connectivity index (χ0n) is 11.0. The average molecular weight is 260 g/mol. The number of ether oxygens (including phenoxy) is 1. The quantitative estimate of drug-likeness (QED) is 0.755. The van der Waals surface area contributed by atoms with Gasteiger partial charge in [0, 0.05) is 25.9 Å². The first-order chi connectivity index (χ1) is 9.20. The number of hydrogen-bond acceptors (Lipinski definition) is 5. The molecule has 19 heavy (non-hydrogen) atoms. The number of aryl methyl sites for hydroxylation is 3. The fourth-order valence-corrected chi connectivity index (χ4v) is 1.72.